The molecule has 0 radical (unpaired) electrons. The van der Waals surface area contributed by atoms with Crippen LogP contribution in [0.15, 0.2) is 36.4 Å². The predicted molar refractivity (Wildman–Crippen MR) is 73.2 cm³/mol. The predicted octanol–water partition coefficient (Wildman–Crippen LogP) is 4.17. The molecule has 0 aliphatic carbocycles. The molecule has 0 spiro atoms. The average molecular weight is 282 g/mol. The first kappa shape index (κ1) is 14.0. The Bertz CT molecular complexity index is 599. The van der Waals surface area contributed by atoms with Gasteiger partial charge in [0, 0.05) is 11.1 Å². The number of nitrogens with two attached hydrogens (primary N) is 1. The summed E-state index contributed by atoms with van der Waals surface area (Å²) in [6, 6.07) is 9.09. The number of benzene rings is 2. The van der Waals surface area contributed by atoms with Gasteiger partial charge in [0.05, 0.1) is 0 Å². The Morgan fingerprint density at radius 3 is 2.68 bits per heavy atom. The van der Waals surface area contributed by atoms with E-state index in [0.717, 1.165) is 17.2 Å². The van der Waals surface area contributed by atoms with Crippen molar-refractivity contribution in [3.8, 4) is 0 Å². The molecule has 1 atom stereocenters. The van der Waals surface area contributed by atoms with E-state index < -0.39 is 17.7 Å². The molecule has 0 saturated heterocycles. The fourth-order valence-electron chi connectivity index (χ4n) is 2.06. The summed E-state index contributed by atoms with van der Waals surface area (Å²) in [5.41, 5.74) is 8.16. The maximum atomic E-state index is 13.6. The van der Waals surface area contributed by atoms with Crippen molar-refractivity contribution in [3.05, 3.63) is 69.7 Å². The quantitative estimate of drug-likeness (QED) is 0.898. The van der Waals surface area contributed by atoms with E-state index in [0.29, 0.717) is 5.02 Å². The Morgan fingerprint density at radius 1 is 1.21 bits per heavy atom. The molecule has 1 nitrogen and oxygen atoms in total. The summed E-state index contributed by atoms with van der Waals surface area (Å²) in [6.45, 7) is 1.91. The Balaban J connectivity index is 2.28. The van der Waals surface area contributed by atoms with Crippen LogP contribution >= 0.6 is 11.6 Å². The van der Waals surface area contributed by atoms with Gasteiger partial charge in [-0.2, -0.15) is 0 Å². The standard InChI is InChI=1S/C15H14ClF2N/c1-9-5-6-11(16)8-12(9)14(19)7-10-3-2-4-13(17)15(10)18/h2-6,8,14H,7,19H2,1H3. The van der Waals surface area contributed by atoms with Gasteiger partial charge >= 0.3 is 0 Å². The minimum Gasteiger partial charge on any atom is -0.324 e. The molecule has 2 aromatic carbocycles. The molecule has 4 heteroatoms. The zero-order valence-electron chi connectivity index (χ0n) is 10.5. The highest BCUT2D eigenvalue weighted by molar-refractivity contribution is 6.30. The van der Waals surface area contributed by atoms with Crippen molar-refractivity contribution < 1.29 is 8.78 Å². The number of halogens is 3. The maximum Gasteiger partial charge on any atom is 0.162 e. The van der Waals surface area contributed by atoms with Gasteiger partial charge in [-0.25, -0.2) is 8.78 Å². The van der Waals surface area contributed by atoms with Crippen LogP contribution in [0.5, 0.6) is 0 Å². The van der Waals surface area contributed by atoms with Crippen LogP contribution < -0.4 is 5.73 Å². The van der Waals surface area contributed by atoms with Gasteiger partial charge in [-0.05, 0) is 48.2 Å². The molecule has 2 aromatic rings. The van der Waals surface area contributed by atoms with Crippen molar-refractivity contribution in [2.24, 2.45) is 5.73 Å². The molecule has 0 amide bonds. The smallest absolute Gasteiger partial charge is 0.162 e. The lowest BCUT2D eigenvalue weighted by atomic mass is 9.96. The molecule has 0 saturated carbocycles. The van der Waals surface area contributed by atoms with Crippen molar-refractivity contribution in [2.75, 3.05) is 0 Å². The second-order valence-corrected chi connectivity index (χ2v) is 4.96. The van der Waals surface area contributed by atoms with Crippen molar-refractivity contribution in [3.63, 3.8) is 0 Å². The van der Waals surface area contributed by atoms with Crippen LogP contribution in [0.25, 0.3) is 0 Å². The van der Waals surface area contributed by atoms with Crippen molar-refractivity contribution >= 4 is 11.6 Å². The highest BCUT2D eigenvalue weighted by atomic mass is 35.5. The first-order valence-electron chi connectivity index (χ1n) is 5.93. The lowest BCUT2D eigenvalue weighted by Crippen LogP contribution is -2.15. The summed E-state index contributed by atoms with van der Waals surface area (Å²) >= 11 is 5.93. The summed E-state index contributed by atoms with van der Waals surface area (Å²) in [6.07, 6.45) is 0.227. The van der Waals surface area contributed by atoms with Crippen molar-refractivity contribution in [1.29, 1.82) is 0 Å². The summed E-state index contributed by atoms with van der Waals surface area (Å²) in [4.78, 5) is 0. The van der Waals surface area contributed by atoms with Gasteiger partial charge in [-0.3, -0.25) is 0 Å². The first-order valence-corrected chi connectivity index (χ1v) is 6.31. The third kappa shape index (κ3) is 3.11. The minimum absolute atomic E-state index is 0.227. The summed E-state index contributed by atoms with van der Waals surface area (Å²) in [5.74, 6) is -1.69. The summed E-state index contributed by atoms with van der Waals surface area (Å²) in [5, 5.41) is 0.579. The van der Waals surface area contributed by atoms with E-state index in [-0.39, 0.29) is 12.0 Å². The van der Waals surface area contributed by atoms with Gasteiger partial charge in [0.25, 0.3) is 0 Å². The molecule has 0 bridgehead atoms. The van der Waals surface area contributed by atoms with Gasteiger partial charge < -0.3 is 5.73 Å². The molecule has 1 unspecified atom stereocenters. The number of hydrogen-bond donors (Lipinski definition) is 1. The molecule has 2 N–H and O–H groups in total. The zero-order valence-corrected chi connectivity index (χ0v) is 11.2. The molecule has 100 valence electrons. The Morgan fingerprint density at radius 2 is 1.95 bits per heavy atom. The van der Waals surface area contributed by atoms with Gasteiger partial charge in [0.15, 0.2) is 11.6 Å². The van der Waals surface area contributed by atoms with E-state index in [2.05, 4.69) is 0 Å². The lowest BCUT2D eigenvalue weighted by Gasteiger charge is -2.15. The average Bonchev–Trinajstić information content (AvgIpc) is 2.38. The van der Waals surface area contributed by atoms with Crippen LogP contribution in [0, 0.1) is 18.6 Å². The molecular weight excluding hydrogens is 268 g/mol. The molecule has 0 aromatic heterocycles. The SMILES string of the molecule is Cc1ccc(Cl)cc1C(N)Cc1cccc(F)c1F. The monoisotopic (exact) mass is 281 g/mol. The zero-order chi connectivity index (χ0) is 14.0. The van der Waals surface area contributed by atoms with E-state index in [1.54, 1.807) is 12.1 Å². The van der Waals surface area contributed by atoms with Crippen LogP contribution in [-0.4, -0.2) is 0 Å². The number of aryl methyl sites for hydroxylation is 1. The molecular formula is C15H14ClF2N. The fraction of sp³-hybridized carbons (Fsp3) is 0.200. The van der Waals surface area contributed by atoms with Crippen LogP contribution in [0.1, 0.15) is 22.7 Å². The second kappa shape index (κ2) is 5.68. The van der Waals surface area contributed by atoms with Crippen LogP contribution in [0.4, 0.5) is 8.78 Å². The molecule has 0 fully saturated rings. The Kier molecular flexibility index (Phi) is 4.17. The number of rotatable bonds is 3. The van der Waals surface area contributed by atoms with E-state index >= 15 is 0 Å². The minimum atomic E-state index is -0.854. The maximum absolute atomic E-state index is 13.6. The third-order valence-corrected chi connectivity index (χ3v) is 3.35. The largest absolute Gasteiger partial charge is 0.324 e. The van der Waals surface area contributed by atoms with E-state index in [9.17, 15) is 8.78 Å². The van der Waals surface area contributed by atoms with E-state index in [1.807, 2.05) is 13.0 Å². The molecule has 0 aliphatic heterocycles. The molecule has 0 aliphatic rings. The van der Waals surface area contributed by atoms with Crippen LogP contribution in [-0.2, 0) is 6.42 Å². The highest BCUT2D eigenvalue weighted by Crippen LogP contribution is 2.24. The van der Waals surface area contributed by atoms with Crippen LogP contribution in [0.3, 0.4) is 0 Å². The van der Waals surface area contributed by atoms with Gasteiger partial charge in [0.1, 0.15) is 0 Å². The molecule has 19 heavy (non-hydrogen) atoms. The fourth-order valence-corrected chi connectivity index (χ4v) is 2.24. The highest BCUT2D eigenvalue weighted by Gasteiger charge is 2.14. The van der Waals surface area contributed by atoms with E-state index in [1.165, 1.54) is 12.1 Å². The molecule has 0 heterocycles. The Hall–Kier alpha value is -1.45. The Labute approximate surface area is 116 Å². The van der Waals surface area contributed by atoms with Crippen molar-refractivity contribution in [1.82, 2.24) is 0 Å². The molecule has 2 rings (SSSR count). The lowest BCUT2D eigenvalue weighted by molar-refractivity contribution is 0.494. The third-order valence-electron chi connectivity index (χ3n) is 3.11. The van der Waals surface area contributed by atoms with Crippen molar-refractivity contribution in [2.45, 2.75) is 19.4 Å². The second-order valence-electron chi connectivity index (χ2n) is 4.52. The number of hydrogen-bond acceptors (Lipinski definition) is 1. The van der Waals surface area contributed by atoms with Gasteiger partial charge in [-0.15, -0.1) is 0 Å². The first-order chi connectivity index (χ1) is 8.99. The van der Waals surface area contributed by atoms with E-state index in [4.69, 9.17) is 17.3 Å². The summed E-state index contributed by atoms with van der Waals surface area (Å²) < 4.78 is 26.7. The normalized spacial score (nSPS) is 12.5. The van der Waals surface area contributed by atoms with Gasteiger partial charge in [0.2, 0.25) is 0 Å². The topological polar surface area (TPSA) is 26.0 Å². The van der Waals surface area contributed by atoms with Gasteiger partial charge in [-0.1, -0.05) is 29.8 Å². The van der Waals surface area contributed by atoms with Crippen LogP contribution in [0.2, 0.25) is 5.02 Å². The summed E-state index contributed by atoms with van der Waals surface area (Å²) in [7, 11) is 0.